The molecule has 0 atom stereocenters. The first kappa shape index (κ1) is 19.9. The molecule has 0 radical (unpaired) electrons. The molecular weight excluding hydrogens is 396 g/mol. The van der Waals surface area contributed by atoms with E-state index in [1.807, 2.05) is 69.3 Å². The van der Waals surface area contributed by atoms with Crippen molar-refractivity contribution in [2.75, 3.05) is 11.1 Å². The maximum atomic E-state index is 12.5. The standard InChI is InChI=1S/C22H22N6OS/c1-13-8-10-16(11-9-13)24-18(29)12-30-22-25-21-19(15(3)26-27-21)20(23)28(22)17-7-5-4-6-14(17)2/h4-11,23H,12H2,1-3H3,(H,24,29)(H,26,27). The van der Waals surface area contributed by atoms with Gasteiger partial charge < -0.3 is 5.32 Å². The number of thioether (sulfide) groups is 1. The molecule has 0 spiro atoms. The van der Waals surface area contributed by atoms with E-state index in [9.17, 15) is 4.79 Å². The number of amides is 1. The summed E-state index contributed by atoms with van der Waals surface area (Å²) in [6, 6.07) is 15.5. The molecule has 2 aromatic heterocycles. The highest BCUT2D eigenvalue weighted by atomic mass is 32.2. The molecule has 8 heteroatoms. The number of hydrogen-bond acceptors (Lipinski definition) is 5. The van der Waals surface area contributed by atoms with Crippen LogP contribution in [0.3, 0.4) is 0 Å². The summed E-state index contributed by atoms with van der Waals surface area (Å²) in [4.78, 5) is 17.1. The molecule has 0 saturated heterocycles. The summed E-state index contributed by atoms with van der Waals surface area (Å²) in [6.45, 7) is 5.87. The van der Waals surface area contributed by atoms with Crippen molar-refractivity contribution in [2.24, 2.45) is 0 Å². The molecule has 0 aliphatic carbocycles. The largest absolute Gasteiger partial charge is 0.325 e. The summed E-state index contributed by atoms with van der Waals surface area (Å²) in [5.74, 6) is 0.0352. The Labute approximate surface area is 178 Å². The van der Waals surface area contributed by atoms with Crippen LogP contribution >= 0.6 is 11.8 Å². The molecular formula is C22H22N6OS. The van der Waals surface area contributed by atoms with Crippen molar-refractivity contribution in [3.05, 3.63) is 70.8 Å². The first-order valence-electron chi connectivity index (χ1n) is 9.51. The van der Waals surface area contributed by atoms with Gasteiger partial charge in [-0.3, -0.25) is 19.9 Å². The number of aryl methyl sites for hydroxylation is 3. The van der Waals surface area contributed by atoms with Crippen LogP contribution < -0.4 is 10.8 Å². The number of anilines is 1. The Morgan fingerprint density at radius 1 is 1.13 bits per heavy atom. The molecule has 0 saturated carbocycles. The van der Waals surface area contributed by atoms with Gasteiger partial charge in [-0.15, -0.1) is 0 Å². The van der Waals surface area contributed by atoms with Crippen LogP contribution in [-0.2, 0) is 4.79 Å². The Morgan fingerprint density at radius 3 is 2.60 bits per heavy atom. The van der Waals surface area contributed by atoms with Crippen molar-refractivity contribution in [2.45, 2.75) is 25.9 Å². The molecule has 2 aromatic carbocycles. The lowest BCUT2D eigenvalue weighted by atomic mass is 10.2. The van der Waals surface area contributed by atoms with Crippen molar-refractivity contribution in [3.63, 3.8) is 0 Å². The Hall–Kier alpha value is -3.39. The number of carbonyl (C=O) groups excluding carboxylic acids is 1. The molecule has 4 aromatic rings. The minimum Gasteiger partial charge on any atom is -0.325 e. The van der Waals surface area contributed by atoms with Gasteiger partial charge in [0.2, 0.25) is 5.91 Å². The first-order valence-corrected chi connectivity index (χ1v) is 10.5. The van der Waals surface area contributed by atoms with Gasteiger partial charge in [-0.25, -0.2) is 4.98 Å². The van der Waals surface area contributed by atoms with Crippen LogP contribution in [0.2, 0.25) is 0 Å². The average molecular weight is 419 g/mol. The van der Waals surface area contributed by atoms with E-state index in [0.717, 1.165) is 28.2 Å². The van der Waals surface area contributed by atoms with Crippen molar-refractivity contribution >= 4 is 34.4 Å². The second kappa shape index (κ2) is 8.16. The number of H-pyrrole nitrogens is 1. The van der Waals surface area contributed by atoms with E-state index in [1.165, 1.54) is 11.8 Å². The Morgan fingerprint density at radius 2 is 1.87 bits per heavy atom. The van der Waals surface area contributed by atoms with Crippen LogP contribution in [0, 0.1) is 26.2 Å². The molecule has 1 amide bonds. The quantitative estimate of drug-likeness (QED) is 0.338. The molecule has 7 nitrogen and oxygen atoms in total. The number of nitrogens with one attached hydrogen (secondary N) is 3. The fourth-order valence-electron chi connectivity index (χ4n) is 3.23. The van der Waals surface area contributed by atoms with E-state index < -0.39 is 0 Å². The van der Waals surface area contributed by atoms with Gasteiger partial charge in [0.05, 0.1) is 16.8 Å². The van der Waals surface area contributed by atoms with Crippen molar-refractivity contribution in [3.8, 4) is 5.69 Å². The third-order valence-corrected chi connectivity index (χ3v) is 5.74. The minimum atomic E-state index is -0.133. The van der Waals surface area contributed by atoms with Crippen LogP contribution in [0.5, 0.6) is 0 Å². The monoisotopic (exact) mass is 418 g/mol. The van der Waals surface area contributed by atoms with Crippen molar-refractivity contribution in [1.29, 1.82) is 5.41 Å². The third-order valence-electron chi connectivity index (χ3n) is 4.81. The van der Waals surface area contributed by atoms with Crippen LogP contribution in [-0.4, -0.2) is 31.4 Å². The average Bonchev–Trinajstić information content (AvgIpc) is 3.10. The van der Waals surface area contributed by atoms with E-state index in [1.54, 1.807) is 4.57 Å². The molecule has 3 N–H and O–H groups in total. The van der Waals surface area contributed by atoms with E-state index in [4.69, 9.17) is 5.41 Å². The SMILES string of the molecule is Cc1ccc(NC(=O)CSc2nc3n[nH]c(C)c3c(=N)n2-c2ccccc2C)cc1. The zero-order valence-electron chi connectivity index (χ0n) is 17.0. The molecule has 0 aliphatic heterocycles. The topological polar surface area (TPSA) is 99.5 Å². The highest BCUT2D eigenvalue weighted by Gasteiger charge is 2.17. The molecule has 0 aliphatic rings. The lowest BCUT2D eigenvalue weighted by molar-refractivity contribution is -0.113. The number of para-hydroxylation sites is 1. The van der Waals surface area contributed by atoms with Gasteiger partial charge in [0.15, 0.2) is 10.8 Å². The Kier molecular flexibility index (Phi) is 5.41. The summed E-state index contributed by atoms with van der Waals surface area (Å²) >= 11 is 1.29. The predicted octanol–water partition coefficient (Wildman–Crippen LogP) is 3.88. The first-order chi connectivity index (χ1) is 14.4. The van der Waals surface area contributed by atoms with E-state index in [2.05, 4.69) is 20.5 Å². The maximum absolute atomic E-state index is 12.5. The van der Waals surface area contributed by atoms with Crippen LogP contribution in [0.15, 0.2) is 53.7 Å². The number of benzene rings is 2. The minimum absolute atomic E-state index is 0.133. The van der Waals surface area contributed by atoms with Crippen LogP contribution in [0.1, 0.15) is 16.8 Å². The summed E-state index contributed by atoms with van der Waals surface area (Å²) in [5, 5.41) is 20.1. The molecule has 0 unspecified atom stereocenters. The van der Waals surface area contributed by atoms with E-state index >= 15 is 0 Å². The number of fused-ring (bicyclic) bond motifs is 1. The highest BCUT2D eigenvalue weighted by Crippen LogP contribution is 2.23. The van der Waals surface area contributed by atoms with Gasteiger partial charge in [0.1, 0.15) is 5.49 Å². The third kappa shape index (κ3) is 3.86. The van der Waals surface area contributed by atoms with E-state index in [-0.39, 0.29) is 11.7 Å². The van der Waals surface area contributed by atoms with Crippen LogP contribution in [0.4, 0.5) is 5.69 Å². The second-order valence-electron chi connectivity index (χ2n) is 7.11. The Bertz CT molecular complexity index is 1290. The van der Waals surface area contributed by atoms with Gasteiger partial charge in [-0.2, -0.15) is 5.10 Å². The zero-order chi connectivity index (χ0) is 21.3. The number of nitrogens with zero attached hydrogens (tertiary/aromatic N) is 3. The fourth-order valence-corrected chi connectivity index (χ4v) is 4.03. The second-order valence-corrected chi connectivity index (χ2v) is 8.06. The summed E-state index contributed by atoms with van der Waals surface area (Å²) in [6.07, 6.45) is 0. The summed E-state index contributed by atoms with van der Waals surface area (Å²) < 4.78 is 1.78. The van der Waals surface area contributed by atoms with Crippen molar-refractivity contribution in [1.82, 2.24) is 19.7 Å². The zero-order valence-corrected chi connectivity index (χ0v) is 17.8. The molecule has 30 heavy (non-hydrogen) atoms. The molecule has 152 valence electrons. The van der Waals surface area contributed by atoms with Crippen LogP contribution in [0.25, 0.3) is 16.7 Å². The normalized spacial score (nSPS) is 11.0. The maximum Gasteiger partial charge on any atom is 0.234 e. The number of aromatic nitrogens is 4. The summed E-state index contributed by atoms with van der Waals surface area (Å²) in [5.41, 5.74) is 5.33. The van der Waals surface area contributed by atoms with Gasteiger partial charge in [-0.05, 0) is 44.5 Å². The Balaban J connectivity index is 1.68. The number of carbonyl (C=O) groups is 1. The molecule has 0 fully saturated rings. The number of rotatable bonds is 5. The predicted molar refractivity (Wildman–Crippen MR) is 119 cm³/mol. The number of hydrogen-bond donors (Lipinski definition) is 3. The highest BCUT2D eigenvalue weighted by molar-refractivity contribution is 7.99. The van der Waals surface area contributed by atoms with E-state index in [0.29, 0.717) is 21.7 Å². The van der Waals surface area contributed by atoms with Gasteiger partial charge >= 0.3 is 0 Å². The fraction of sp³-hybridized carbons (Fsp3) is 0.182. The van der Waals surface area contributed by atoms with Crippen molar-refractivity contribution < 1.29 is 4.79 Å². The van der Waals surface area contributed by atoms with Gasteiger partial charge in [0, 0.05) is 11.4 Å². The van der Waals surface area contributed by atoms with Gasteiger partial charge in [-0.1, -0.05) is 47.7 Å². The summed E-state index contributed by atoms with van der Waals surface area (Å²) in [7, 11) is 0. The lowest BCUT2D eigenvalue weighted by Crippen LogP contribution is -2.23. The van der Waals surface area contributed by atoms with Gasteiger partial charge in [0.25, 0.3) is 0 Å². The smallest absolute Gasteiger partial charge is 0.234 e. The molecule has 2 heterocycles. The number of aromatic amines is 1. The lowest BCUT2D eigenvalue weighted by Gasteiger charge is -2.15. The molecule has 0 bridgehead atoms. The molecule has 4 rings (SSSR count).